The number of hydrogen-bond acceptors (Lipinski definition) is 2. The van der Waals surface area contributed by atoms with Crippen LogP contribution < -0.4 is 5.32 Å². The van der Waals surface area contributed by atoms with Crippen molar-refractivity contribution in [1.29, 1.82) is 0 Å². The highest BCUT2D eigenvalue weighted by Crippen LogP contribution is 2.15. The van der Waals surface area contributed by atoms with E-state index in [2.05, 4.69) is 34.2 Å². The Kier molecular flexibility index (Phi) is 5.50. The second-order valence-corrected chi connectivity index (χ2v) is 5.95. The van der Waals surface area contributed by atoms with Gasteiger partial charge in [-0.2, -0.15) is 0 Å². The van der Waals surface area contributed by atoms with Crippen LogP contribution in [0.15, 0.2) is 28.7 Å². The van der Waals surface area contributed by atoms with E-state index in [1.54, 1.807) is 6.26 Å². The van der Waals surface area contributed by atoms with Crippen LogP contribution in [0.3, 0.4) is 0 Å². The molecule has 2 nitrogen and oxygen atoms in total. The molecule has 0 spiro atoms. The second kappa shape index (κ2) is 6.40. The first kappa shape index (κ1) is 12.9. The van der Waals surface area contributed by atoms with Gasteiger partial charge < -0.3 is 5.32 Å². The maximum atomic E-state index is 11.0. The van der Waals surface area contributed by atoms with E-state index >= 15 is 0 Å². The van der Waals surface area contributed by atoms with E-state index in [1.165, 1.54) is 5.56 Å². The van der Waals surface area contributed by atoms with Crippen LogP contribution in [0.5, 0.6) is 0 Å². The van der Waals surface area contributed by atoms with Crippen molar-refractivity contribution in [2.45, 2.75) is 19.5 Å². The summed E-state index contributed by atoms with van der Waals surface area (Å²) in [6.45, 7) is 2.86. The molecule has 2 unspecified atom stereocenters. The Morgan fingerprint density at radius 2 is 2.13 bits per heavy atom. The van der Waals surface area contributed by atoms with Crippen molar-refractivity contribution in [3.63, 3.8) is 0 Å². The molecule has 0 radical (unpaired) electrons. The van der Waals surface area contributed by atoms with Gasteiger partial charge in [0.05, 0.1) is 0 Å². The van der Waals surface area contributed by atoms with Crippen LogP contribution in [0.1, 0.15) is 12.5 Å². The number of nitrogens with one attached hydrogen (secondary N) is 1. The molecule has 0 heterocycles. The van der Waals surface area contributed by atoms with Crippen LogP contribution in [0.4, 0.5) is 0 Å². The highest BCUT2D eigenvalue weighted by molar-refractivity contribution is 9.10. The van der Waals surface area contributed by atoms with Crippen LogP contribution in [0.2, 0.25) is 0 Å². The van der Waals surface area contributed by atoms with Gasteiger partial charge in [0.1, 0.15) is 0 Å². The normalized spacial score (nSPS) is 14.9. The summed E-state index contributed by atoms with van der Waals surface area (Å²) in [6.07, 6.45) is 1.73. The number of benzene rings is 1. The van der Waals surface area contributed by atoms with E-state index < -0.39 is 10.8 Å². The fraction of sp³-hybridized carbons (Fsp3) is 0.455. The highest BCUT2D eigenvalue weighted by Gasteiger charge is 2.04. The topological polar surface area (TPSA) is 29.1 Å². The Morgan fingerprint density at radius 3 is 2.73 bits per heavy atom. The van der Waals surface area contributed by atoms with Gasteiger partial charge in [-0.25, -0.2) is 0 Å². The molecule has 2 atom stereocenters. The van der Waals surface area contributed by atoms with E-state index in [1.807, 2.05) is 18.2 Å². The lowest BCUT2D eigenvalue weighted by Gasteiger charge is -2.12. The van der Waals surface area contributed by atoms with Crippen LogP contribution in [0, 0.1) is 0 Å². The molecule has 0 bridgehead atoms. The van der Waals surface area contributed by atoms with Crippen LogP contribution in [0.25, 0.3) is 0 Å². The Morgan fingerprint density at radius 1 is 1.47 bits per heavy atom. The van der Waals surface area contributed by atoms with E-state index in [0.717, 1.165) is 11.0 Å². The minimum atomic E-state index is -0.733. The summed E-state index contributed by atoms with van der Waals surface area (Å²) in [5.74, 6) is 0.699. The van der Waals surface area contributed by atoms with Crippen molar-refractivity contribution < 1.29 is 4.21 Å². The third kappa shape index (κ3) is 4.91. The van der Waals surface area contributed by atoms with E-state index in [9.17, 15) is 4.21 Å². The zero-order chi connectivity index (χ0) is 11.3. The third-order valence-corrected chi connectivity index (χ3v) is 3.83. The summed E-state index contributed by atoms with van der Waals surface area (Å²) < 4.78 is 12.1. The minimum absolute atomic E-state index is 0.280. The average molecular weight is 290 g/mol. The molecule has 0 fully saturated rings. The van der Waals surface area contributed by atoms with Gasteiger partial charge in [0, 0.05) is 39.9 Å². The van der Waals surface area contributed by atoms with Gasteiger partial charge in [-0.05, 0) is 18.6 Å². The van der Waals surface area contributed by atoms with Gasteiger partial charge in [-0.15, -0.1) is 0 Å². The van der Waals surface area contributed by atoms with Crippen molar-refractivity contribution in [3.8, 4) is 0 Å². The molecule has 15 heavy (non-hydrogen) atoms. The van der Waals surface area contributed by atoms with Crippen molar-refractivity contribution >= 4 is 26.7 Å². The van der Waals surface area contributed by atoms with E-state index in [4.69, 9.17) is 0 Å². The number of halogens is 1. The Hall–Kier alpha value is -0.190. The Balaban J connectivity index is 2.43. The van der Waals surface area contributed by atoms with Gasteiger partial charge in [0.25, 0.3) is 0 Å². The van der Waals surface area contributed by atoms with Crippen LogP contribution in [-0.4, -0.2) is 22.3 Å². The predicted molar refractivity (Wildman–Crippen MR) is 69.4 cm³/mol. The molecule has 0 aliphatic heterocycles. The molecule has 1 rings (SSSR count). The summed E-state index contributed by atoms with van der Waals surface area (Å²) in [7, 11) is -0.733. The van der Waals surface area contributed by atoms with Crippen molar-refractivity contribution in [2.75, 3.05) is 12.0 Å². The molecule has 1 aromatic rings. The van der Waals surface area contributed by atoms with Gasteiger partial charge in [-0.1, -0.05) is 34.1 Å². The van der Waals surface area contributed by atoms with Crippen molar-refractivity contribution in [2.24, 2.45) is 0 Å². The Labute approximate surface area is 102 Å². The van der Waals surface area contributed by atoms with E-state index in [0.29, 0.717) is 5.75 Å². The fourth-order valence-corrected chi connectivity index (χ4v) is 2.58. The summed E-state index contributed by atoms with van der Waals surface area (Å²) in [5, 5.41) is 3.35. The van der Waals surface area contributed by atoms with Gasteiger partial charge in [-0.3, -0.25) is 4.21 Å². The highest BCUT2D eigenvalue weighted by atomic mass is 79.9. The quantitative estimate of drug-likeness (QED) is 0.901. The standard InChI is InChI=1S/C11H16BrNOS/c1-9(8-15(2)14)13-7-10-5-3-4-6-11(10)12/h3-6,9,13H,7-8H2,1-2H3. The van der Waals surface area contributed by atoms with E-state index in [-0.39, 0.29) is 6.04 Å². The third-order valence-electron chi connectivity index (χ3n) is 2.08. The maximum Gasteiger partial charge on any atom is 0.0383 e. The molecule has 1 N–H and O–H groups in total. The first-order valence-electron chi connectivity index (χ1n) is 4.86. The molecule has 4 heteroatoms. The van der Waals surface area contributed by atoms with Gasteiger partial charge in [0.15, 0.2) is 0 Å². The first-order chi connectivity index (χ1) is 7.09. The lowest BCUT2D eigenvalue weighted by atomic mass is 10.2. The van der Waals surface area contributed by atoms with Crippen LogP contribution in [-0.2, 0) is 17.3 Å². The zero-order valence-corrected chi connectivity index (χ0v) is 11.4. The molecule has 0 saturated carbocycles. The summed E-state index contributed by atoms with van der Waals surface area (Å²) in [6, 6.07) is 8.40. The minimum Gasteiger partial charge on any atom is -0.309 e. The molecule has 0 aliphatic rings. The molecule has 1 aromatic carbocycles. The maximum absolute atomic E-state index is 11.0. The summed E-state index contributed by atoms with van der Waals surface area (Å²) in [5.41, 5.74) is 1.23. The molecule has 0 saturated heterocycles. The molecule has 84 valence electrons. The van der Waals surface area contributed by atoms with Gasteiger partial charge in [0.2, 0.25) is 0 Å². The predicted octanol–water partition coefficient (Wildman–Crippen LogP) is 2.31. The lowest BCUT2D eigenvalue weighted by Crippen LogP contribution is -2.30. The van der Waals surface area contributed by atoms with Crippen molar-refractivity contribution in [3.05, 3.63) is 34.3 Å². The largest absolute Gasteiger partial charge is 0.309 e. The second-order valence-electron chi connectivity index (χ2n) is 3.61. The Bertz CT molecular complexity index is 343. The SMILES string of the molecule is CC(CS(C)=O)NCc1ccccc1Br. The van der Waals surface area contributed by atoms with Gasteiger partial charge >= 0.3 is 0 Å². The van der Waals surface area contributed by atoms with Crippen molar-refractivity contribution in [1.82, 2.24) is 5.32 Å². The lowest BCUT2D eigenvalue weighted by molar-refractivity contribution is 0.586. The smallest absolute Gasteiger partial charge is 0.0383 e. The fourth-order valence-electron chi connectivity index (χ4n) is 1.34. The molecule has 0 amide bonds. The molecule has 0 aromatic heterocycles. The van der Waals surface area contributed by atoms with Crippen LogP contribution >= 0.6 is 15.9 Å². The average Bonchev–Trinajstić information content (AvgIpc) is 2.15. The summed E-state index contributed by atoms with van der Waals surface area (Å²) in [4.78, 5) is 0. The number of hydrogen-bond donors (Lipinski definition) is 1. The number of rotatable bonds is 5. The first-order valence-corrected chi connectivity index (χ1v) is 7.38. The summed E-state index contributed by atoms with van der Waals surface area (Å²) >= 11 is 3.50. The molecular weight excluding hydrogens is 274 g/mol. The zero-order valence-electron chi connectivity index (χ0n) is 9.00. The molecule has 0 aliphatic carbocycles. The monoisotopic (exact) mass is 289 g/mol. The molecular formula is C11H16BrNOS.